The van der Waals surface area contributed by atoms with Gasteiger partial charge in [-0.2, -0.15) is 9.47 Å². The molecule has 2 aromatic heterocycles. The van der Waals surface area contributed by atoms with Crippen LogP contribution in [-0.2, 0) is 13.1 Å². The standard InChI is InChI=1S/C19H23N5OS/c1-12-16(10-21-18(25)17-13(2)23-26-19(17)20-4)14(3)24(22-12)11-15-8-6-5-7-9-15/h5-9,20H,10-11H2,1-4H3,(H,21,25). The lowest BCUT2D eigenvalue weighted by Crippen LogP contribution is -2.24. The summed E-state index contributed by atoms with van der Waals surface area (Å²) >= 11 is 1.30. The predicted octanol–water partition coefficient (Wildman–Crippen LogP) is 3.28. The second-order valence-corrected chi connectivity index (χ2v) is 6.97. The van der Waals surface area contributed by atoms with E-state index in [-0.39, 0.29) is 5.91 Å². The minimum Gasteiger partial charge on any atom is -0.378 e. The first-order chi connectivity index (χ1) is 12.5. The number of hydrogen-bond donors (Lipinski definition) is 2. The van der Waals surface area contributed by atoms with Gasteiger partial charge in [0.25, 0.3) is 5.91 Å². The average molecular weight is 369 g/mol. The molecule has 0 unspecified atom stereocenters. The van der Waals surface area contributed by atoms with E-state index in [1.807, 2.05) is 43.7 Å². The average Bonchev–Trinajstić information content (AvgIpc) is 3.14. The van der Waals surface area contributed by atoms with Gasteiger partial charge in [-0.05, 0) is 37.9 Å². The van der Waals surface area contributed by atoms with Crippen LogP contribution < -0.4 is 10.6 Å². The zero-order valence-corrected chi connectivity index (χ0v) is 16.3. The van der Waals surface area contributed by atoms with Gasteiger partial charge < -0.3 is 10.6 Å². The van der Waals surface area contributed by atoms with Crippen LogP contribution in [-0.4, -0.2) is 27.1 Å². The first-order valence-electron chi connectivity index (χ1n) is 8.50. The molecule has 1 aromatic carbocycles. The Labute approximate surface area is 157 Å². The zero-order valence-electron chi connectivity index (χ0n) is 15.5. The molecule has 2 heterocycles. The lowest BCUT2D eigenvalue weighted by molar-refractivity contribution is 0.0951. The Morgan fingerprint density at radius 1 is 1.15 bits per heavy atom. The van der Waals surface area contributed by atoms with Gasteiger partial charge in [-0.1, -0.05) is 30.3 Å². The van der Waals surface area contributed by atoms with E-state index >= 15 is 0 Å². The summed E-state index contributed by atoms with van der Waals surface area (Å²) in [6.07, 6.45) is 0. The van der Waals surface area contributed by atoms with Crippen molar-refractivity contribution >= 4 is 22.4 Å². The van der Waals surface area contributed by atoms with Crippen LogP contribution >= 0.6 is 11.5 Å². The molecule has 0 atom stereocenters. The van der Waals surface area contributed by atoms with Gasteiger partial charge in [-0.3, -0.25) is 9.48 Å². The molecule has 2 N–H and O–H groups in total. The van der Waals surface area contributed by atoms with Gasteiger partial charge in [0.1, 0.15) is 5.00 Å². The number of nitrogens with one attached hydrogen (secondary N) is 2. The van der Waals surface area contributed by atoms with Crippen LogP contribution in [0.1, 0.15) is 38.6 Å². The van der Waals surface area contributed by atoms with E-state index in [1.54, 1.807) is 7.05 Å². The molecule has 0 aliphatic rings. The molecule has 0 radical (unpaired) electrons. The Morgan fingerprint density at radius 3 is 2.58 bits per heavy atom. The molecular formula is C19H23N5OS. The lowest BCUT2D eigenvalue weighted by Gasteiger charge is -2.08. The summed E-state index contributed by atoms with van der Waals surface area (Å²) in [6, 6.07) is 10.2. The van der Waals surface area contributed by atoms with Crippen LogP contribution in [0.3, 0.4) is 0 Å². The quantitative estimate of drug-likeness (QED) is 0.699. The Balaban J connectivity index is 1.74. The summed E-state index contributed by atoms with van der Waals surface area (Å²) in [5.41, 5.74) is 5.62. The molecule has 0 fully saturated rings. The minimum atomic E-state index is -0.116. The van der Waals surface area contributed by atoms with Crippen molar-refractivity contribution in [2.75, 3.05) is 12.4 Å². The minimum absolute atomic E-state index is 0.116. The summed E-state index contributed by atoms with van der Waals surface area (Å²) in [5, 5.41) is 11.5. The third-order valence-corrected chi connectivity index (χ3v) is 5.41. The lowest BCUT2D eigenvalue weighted by atomic mass is 10.1. The third-order valence-electron chi connectivity index (χ3n) is 4.45. The number of amides is 1. The van der Waals surface area contributed by atoms with Crippen LogP contribution in [0.4, 0.5) is 5.00 Å². The van der Waals surface area contributed by atoms with Gasteiger partial charge in [-0.15, -0.1) is 0 Å². The van der Waals surface area contributed by atoms with Crippen LogP contribution in [0, 0.1) is 20.8 Å². The van der Waals surface area contributed by atoms with Crippen molar-refractivity contribution < 1.29 is 4.79 Å². The summed E-state index contributed by atoms with van der Waals surface area (Å²) in [4.78, 5) is 12.6. The zero-order chi connectivity index (χ0) is 18.7. The fraction of sp³-hybridized carbons (Fsp3) is 0.316. The molecule has 0 spiro atoms. The molecule has 3 rings (SSSR count). The highest BCUT2D eigenvalue weighted by Gasteiger charge is 2.19. The Morgan fingerprint density at radius 2 is 1.88 bits per heavy atom. The van der Waals surface area contributed by atoms with Gasteiger partial charge in [0.15, 0.2) is 0 Å². The first-order valence-corrected chi connectivity index (χ1v) is 9.27. The van der Waals surface area contributed by atoms with Crippen molar-refractivity contribution in [2.45, 2.75) is 33.9 Å². The second kappa shape index (κ2) is 7.70. The van der Waals surface area contributed by atoms with Crippen molar-refractivity contribution in [3.8, 4) is 0 Å². The molecule has 6 nitrogen and oxygen atoms in total. The van der Waals surface area contributed by atoms with Crippen LogP contribution in [0.25, 0.3) is 0 Å². The van der Waals surface area contributed by atoms with Gasteiger partial charge in [0.05, 0.1) is 23.5 Å². The van der Waals surface area contributed by atoms with E-state index in [0.29, 0.717) is 12.1 Å². The van der Waals surface area contributed by atoms with Crippen molar-refractivity contribution in [1.82, 2.24) is 19.5 Å². The first kappa shape index (κ1) is 18.1. The number of aryl methyl sites for hydroxylation is 2. The molecule has 26 heavy (non-hydrogen) atoms. The molecule has 7 heteroatoms. The van der Waals surface area contributed by atoms with Crippen molar-refractivity contribution in [1.29, 1.82) is 0 Å². The summed E-state index contributed by atoms with van der Waals surface area (Å²) in [5.74, 6) is -0.116. The number of hydrogen-bond acceptors (Lipinski definition) is 5. The highest BCUT2D eigenvalue weighted by atomic mass is 32.1. The monoisotopic (exact) mass is 369 g/mol. The number of benzene rings is 1. The summed E-state index contributed by atoms with van der Waals surface area (Å²) in [6.45, 7) is 7.04. The van der Waals surface area contributed by atoms with Gasteiger partial charge in [-0.25, -0.2) is 0 Å². The SMILES string of the molecule is CNc1snc(C)c1C(=O)NCc1c(C)nn(Cc2ccccc2)c1C. The number of aromatic nitrogens is 3. The van der Waals surface area contributed by atoms with E-state index in [1.165, 1.54) is 17.1 Å². The third kappa shape index (κ3) is 3.62. The Kier molecular flexibility index (Phi) is 5.37. The Bertz CT molecular complexity index is 914. The topological polar surface area (TPSA) is 71.8 Å². The van der Waals surface area contributed by atoms with E-state index in [9.17, 15) is 4.79 Å². The van der Waals surface area contributed by atoms with Crippen molar-refractivity contribution in [3.63, 3.8) is 0 Å². The van der Waals surface area contributed by atoms with Crippen LogP contribution in [0.2, 0.25) is 0 Å². The highest BCUT2D eigenvalue weighted by molar-refractivity contribution is 7.10. The number of carbonyl (C=O) groups excluding carboxylic acids is 1. The highest BCUT2D eigenvalue weighted by Crippen LogP contribution is 2.24. The molecule has 0 aliphatic heterocycles. The number of carbonyl (C=O) groups is 1. The van der Waals surface area contributed by atoms with Crippen molar-refractivity contribution in [2.24, 2.45) is 0 Å². The molecule has 1 amide bonds. The predicted molar refractivity (Wildman–Crippen MR) is 105 cm³/mol. The molecule has 0 aliphatic carbocycles. The summed E-state index contributed by atoms with van der Waals surface area (Å²) in [7, 11) is 1.80. The fourth-order valence-electron chi connectivity index (χ4n) is 2.96. The van der Waals surface area contributed by atoms with E-state index in [0.717, 1.165) is 34.2 Å². The molecule has 136 valence electrons. The molecule has 0 bridgehead atoms. The fourth-order valence-corrected chi connectivity index (χ4v) is 3.71. The number of nitrogens with zero attached hydrogens (tertiary/aromatic N) is 3. The van der Waals surface area contributed by atoms with Crippen molar-refractivity contribution in [3.05, 3.63) is 64.1 Å². The van der Waals surface area contributed by atoms with E-state index < -0.39 is 0 Å². The molecular weight excluding hydrogens is 346 g/mol. The molecule has 0 saturated carbocycles. The van der Waals surface area contributed by atoms with E-state index in [2.05, 4.69) is 32.2 Å². The number of rotatable bonds is 6. The normalized spacial score (nSPS) is 10.8. The van der Waals surface area contributed by atoms with Crippen LogP contribution in [0.15, 0.2) is 30.3 Å². The maximum absolute atomic E-state index is 12.6. The van der Waals surface area contributed by atoms with E-state index in [4.69, 9.17) is 0 Å². The smallest absolute Gasteiger partial charge is 0.256 e. The van der Waals surface area contributed by atoms with Gasteiger partial charge in [0.2, 0.25) is 0 Å². The summed E-state index contributed by atoms with van der Waals surface area (Å²) < 4.78 is 6.24. The molecule has 3 aromatic rings. The molecule has 0 saturated heterocycles. The second-order valence-electron chi connectivity index (χ2n) is 6.20. The van der Waals surface area contributed by atoms with Gasteiger partial charge >= 0.3 is 0 Å². The number of anilines is 1. The van der Waals surface area contributed by atoms with Crippen LogP contribution in [0.5, 0.6) is 0 Å². The largest absolute Gasteiger partial charge is 0.378 e. The van der Waals surface area contributed by atoms with Gasteiger partial charge in [0, 0.05) is 24.8 Å². The Hall–Kier alpha value is -2.67. The maximum atomic E-state index is 12.6. The maximum Gasteiger partial charge on any atom is 0.256 e.